The third-order valence-electron chi connectivity index (χ3n) is 5.92. The molecule has 2 heterocycles. The van der Waals surface area contributed by atoms with Gasteiger partial charge in [0.25, 0.3) is 11.8 Å². The lowest BCUT2D eigenvalue weighted by atomic mass is 10.1. The van der Waals surface area contributed by atoms with Crippen molar-refractivity contribution in [1.82, 2.24) is 14.8 Å². The van der Waals surface area contributed by atoms with E-state index in [0.29, 0.717) is 45.8 Å². The van der Waals surface area contributed by atoms with Crippen LogP contribution in [0, 0.1) is 0 Å². The summed E-state index contributed by atoms with van der Waals surface area (Å²) in [7, 11) is 1.59. The fourth-order valence-corrected chi connectivity index (χ4v) is 4.88. The SMILES string of the molecule is CCn1c(SCC(=O)Nc2ccc(OC)cc2)nnc1-c1ccc(N2C(=O)c3ccccc3C2=O)cc1. The van der Waals surface area contributed by atoms with E-state index in [2.05, 4.69) is 15.5 Å². The monoisotopic (exact) mass is 513 g/mol. The van der Waals surface area contributed by atoms with Crippen molar-refractivity contribution in [2.24, 2.45) is 0 Å². The number of methoxy groups -OCH3 is 1. The highest BCUT2D eigenvalue weighted by Gasteiger charge is 2.36. The van der Waals surface area contributed by atoms with Crippen molar-refractivity contribution in [3.05, 3.63) is 83.9 Å². The highest BCUT2D eigenvalue weighted by Crippen LogP contribution is 2.31. The van der Waals surface area contributed by atoms with Gasteiger partial charge in [0.05, 0.1) is 29.7 Å². The Balaban J connectivity index is 1.28. The summed E-state index contributed by atoms with van der Waals surface area (Å²) in [6.07, 6.45) is 0. The average molecular weight is 514 g/mol. The fourth-order valence-electron chi connectivity index (χ4n) is 4.08. The molecular formula is C27H23N5O4S. The number of aromatic nitrogens is 3. The van der Waals surface area contributed by atoms with E-state index >= 15 is 0 Å². The zero-order valence-corrected chi connectivity index (χ0v) is 21.0. The van der Waals surface area contributed by atoms with E-state index in [1.165, 1.54) is 16.7 Å². The second kappa shape index (κ2) is 10.3. The lowest BCUT2D eigenvalue weighted by molar-refractivity contribution is -0.113. The van der Waals surface area contributed by atoms with Crippen LogP contribution in [-0.2, 0) is 11.3 Å². The molecule has 1 aliphatic heterocycles. The molecule has 9 nitrogen and oxygen atoms in total. The van der Waals surface area contributed by atoms with Gasteiger partial charge in [-0.25, -0.2) is 4.90 Å². The summed E-state index contributed by atoms with van der Waals surface area (Å²) >= 11 is 1.29. The average Bonchev–Trinajstić information content (AvgIpc) is 3.46. The van der Waals surface area contributed by atoms with Gasteiger partial charge in [-0.3, -0.25) is 14.4 Å². The molecule has 0 saturated heterocycles. The van der Waals surface area contributed by atoms with E-state index in [1.54, 1.807) is 79.9 Å². The summed E-state index contributed by atoms with van der Waals surface area (Å²) in [5.41, 5.74) is 2.76. The zero-order valence-electron chi connectivity index (χ0n) is 20.2. The number of benzene rings is 3. The van der Waals surface area contributed by atoms with E-state index < -0.39 is 0 Å². The molecule has 10 heteroatoms. The van der Waals surface area contributed by atoms with Gasteiger partial charge in [0.1, 0.15) is 5.75 Å². The number of thioether (sulfide) groups is 1. The molecule has 5 rings (SSSR count). The maximum Gasteiger partial charge on any atom is 0.266 e. The van der Waals surface area contributed by atoms with Gasteiger partial charge in [-0.15, -0.1) is 10.2 Å². The molecule has 186 valence electrons. The van der Waals surface area contributed by atoms with Gasteiger partial charge < -0.3 is 14.6 Å². The van der Waals surface area contributed by atoms with Crippen LogP contribution in [0.4, 0.5) is 11.4 Å². The predicted octanol–water partition coefficient (Wildman–Crippen LogP) is 4.51. The van der Waals surface area contributed by atoms with Gasteiger partial charge in [0.15, 0.2) is 11.0 Å². The Morgan fingerprint density at radius 1 is 0.919 bits per heavy atom. The second-order valence-electron chi connectivity index (χ2n) is 8.15. The molecule has 1 N–H and O–H groups in total. The summed E-state index contributed by atoms with van der Waals surface area (Å²) in [5, 5.41) is 12.1. The minimum absolute atomic E-state index is 0.160. The van der Waals surface area contributed by atoms with E-state index in [4.69, 9.17) is 4.74 Å². The number of nitrogens with one attached hydrogen (secondary N) is 1. The van der Waals surface area contributed by atoms with Crippen molar-refractivity contribution >= 4 is 40.9 Å². The molecule has 1 aliphatic rings. The van der Waals surface area contributed by atoms with E-state index in [-0.39, 0.29) is 23.5 Å². The number of nitrogens with zero attached hydrogens (tertiary/aromatic N) is 4. The van der Waals surface area contributed by atoms with Crippen molar-refractivity contribution in [3.63, 3.8) is 0 Å². The van der Waals surface area contributed by atoms with Gasteiger partial charge in [0.2, 0.25) is 5.91 Å². The summed E-state index contributed by atoms with van der Waals surface area (Å²) in [6, 6.07) is 21.0. The van der Waals surface area contributed by atoms with Crippen LogP contribution >= 0.6 is 11.8 Å². The maximum atomic E-state index is 12.8. The lowest BCUT2D eigenvalue weighted by Crippen LogP contribution is -2.29. The van der Waals surface area contributed by atoms with Gasteiger partial charge in [-0.2, -0.15) is 0 Å². The number of carbonyl (C=O) groups is 3. The first-order chi connectivity index (χ1) is 18.0. The summed E-state index contributed by atoms with van der Waals surface area (Å²) in [4.78, 5) is 39.2. The Morgan fingerprint density at radius 3 is 2.16 bits per heavy atom. The van der Waals surface area contributed by atoms with Crippen molar-refractivity contribution in [2.75, 3.05) is 23.1 Å². The molecule has 0 bridgehead atoms. The van der Waals surface area contributed by atoms with Crippen LogP contribution in [0.2, 0.25) is 0 Å². The zero-order chi connectivity index (χ0) is 25.9. The topological polar surface area (TPSA) is 106 Å². The van der Waals surface area contributed by atoms with Crippen molar-refractivity contribution in [2.45, 2.75) is 18.6 Å². The molecule has 0 radical (unpaired) electrons. The number of hydrogen-bond acceptors (Lipinski definition) is 7. The highest BCUT2D eigenvalue weighted by atomic mass is 32.2. The van der Waals surface area contributed by atoms with Crippen molar-refractivity contribution < 1.29 is 19.1 Å². The summed E-state index contributed by atoms with van der Waals surface area (Å²) < 4.78 is 7.05. The summed E-state index contributed by atoms with van der Waals surface area (Å²) in [6.45, 7) is 2.58. The molecule has 4 aromatic rings. The largest absolute Gasteiger partial charge is 0.497 e. The summed E-state index contributed by atoms with van der Waals surface area (Å²) in [5.74, 6) is 0.686. The Kier molecular flexibility index (Phi) is 6.74. The van der Waals surface area contributed by atoms with Crippen LogP contribution in [0.1, 0.15) is 27.6 Å². The van der Waals surface area contributed by atoms with E-state index in [0.717, 1.165) is 5.56 Å². The number of amides is 3. The van der Waals surface area contributed by atoms with Gasteiger partial charge in [-0.05, 0) is 67.6 Å². The third kappa shape index (κ3) is 4.70. The second-order valence-corrected chi connectivity index (χ2v) is 9.10. The van der Waals surface area contributed by atoms with Crippen molar-refractivity contribution in [3.8, 4) is 17.1 Å². The van der Waals surface area contributed by atoms with Crippen LogP contribution < -0.4 is 15.0 Å². The normalized spacial score (nSPS) is 12.5. The number of imide groups is 1. The Bertz CT molecular complexity index is 1450. The molecule has 3 amide bonds. The van der Waals surface area contributed by atoms with Crippen LogP contribution in [0.3, 0.4) is 0 Å². The fraction of sp³-hybridized carbons (Fsp3) is 0.148. The van der Waals surface area contributed by atoms with Gasteiger partial charge in [-0.1, -0.05) is 23.9 Å². The molecule has 0 aliphatic carbocycles. The molecule has 37 heavy (non-hydrogen) atoms. The molecule has 3 aromatic carbocycles. The number of hydrogen-bond donors (Lipinski definition) is 1. The molecular weight excluding hydrogens is 490 g/mol. The Hall–Kier alpha value is -4.44. The minimum atomic E-state index is -0.336. The number of ether oxygens (including phenoxy) is 1. The number of rotatable bonds is 8. The highest BCUT2D eigenvalue weighted by molar-refractivity contribution is 7.99. The smallest absolute Gasteiger partial charge is 0.266 e. The molecule has 0 fully saturated rings. The predicted molar refractivity (Wildman–Crippen MR) is 141 cm³/mol. The van der Waals surface area contributed by atoms with E-state index in [9.17, 15) is 14.4 Å². The number of anilines is 2. The molecule has 1 aromatic heterocycles. The third-order valence-corrected chi connectivity index (χ3v) is 6.88. The van der Waals surface area contributed by atoms with Crippen LogP contribution in [0.25, 0.3) is 11.4 Å². The number of fused-ring (bicyclic) bond motifs is 1. The van der Waals surface area contributed by atoms with Crippen molar-refractivity contribution in [1.29, 1.82) is 0 Å². The minimum Gasteiger partial charge on any atom is -0.497 e. The first-order valence-corrected chi connectivity index (χ1v) is 12.6. The number of carbonyl (C=O) groups excluding carboxylic acids is 3. The first-order valence-electron chi connectivity index (χ1n) is 11.6. The lowest BCUT2D eigenvalue weighted by Gasteiger charge is -2.14. The Labute approximate surface area is 217 Å². The van der Waals surface area contributed by atoms with E-state index in [1.807, 2.05) is 11.5 Å². The van der Waals surface area contributed by atoms with Gasteiger partial charge in [0, 0.05) is 17.8 Å². The standard InChI is InChI=1S/C27H23N5O4S/c1-3-31-24(29-30-27(31)37-16-23(33)28-18-10-14-20(36-2)15-11-18)17-8-12-19(13-9-17)32-25(34)21-6-4-5-7-22(21)26(32)35/h4-15H,3,16H2,1-2H3,(H,28,33). The molecule has 0 atom stereocenters. The van der Waals surface area contributed by atoms with Crippen LogP contribution in [0.15, 0.2) is 78.0 Å². The molecule has 0 saturated carbocycles. The molecule has 0 unspecified atom stereocenters. The van der Waals surface area contributed by atoms with Gasteiger partial charge >= 0.3 is 0 Å². The quantitative estimate of drug-likeness (QED) is 0.273. The van der Waals surface area contributed by atoms with Crippen LogP contribution in [0.5, 0.6) is 5.75 Å². The molecule has 0 spiro atoms. The first kappa shape index (κ1) is 24.3. The Morgan fingerprint density at radius 2 is 1.57 bits per heavy atom. The maximum absolute atomic E-state index is 12.8. The van der Waals surface area contributed by atoms with Crippen LogP contribution in [-0.4, -0.2) is 45.3 Å².